The molecule has 0 unspecified atom stereocenters. The number of thiocarbonyl (C=S) groups is 1. The van der Waals surface area contributed by atoms with Gasteiger partial charge in [0.2, 0.25) is 5.91 Å². The van der Waals surface area contributed by atoms with Crippen LogP contribution in [0.25, 0.3) is 0 Å². The van der Waals surface area contributed by atoms with Gasteiger partial charge in [-0.25, -0.2) is 0 Å². The zero-order chi connectivity index (χ0) is 12.6. The molecule has 1 saturated carbocycles. The third-order valence-corrected chi connectivity index (χ3v) is 4.35. The molecular weight excluding hydrogens is 234 g/mol. The van der Waals surface area contributed by atoms with Gasteiger partial charge in [0.25, 0.3) is 0 Å². The van der Waals surface area contributed by atoms with Gasteiger partial charge in [-0.1, -0.05) is 12.2 Å². The number of hydrogen-bond acceptors (Lipinski definition) is 3. The van der Waals surface area contributed by atoms with Crippen molar-refractivity contribution in [2.24, 2.45) is 11.1 Å². The molecule has 0 atom stereocenters. The van der Waals surface area contributed by atoms with Gasteiger partial charge in [-0.2, -0.15) is 0 Å². The molecule has 0 bridgehead atoms. The molecule has 1 aliphatic heterocycles. The number of hydrogen-bond donors (Lipinski definition) is 1. The molecular formula is C12H21N3OS. The predicted molar refractivity (Wildman–Crippen MR) is 71.7 cm³/mol. The van der Waals surface area contributed by atoms with Crippen LogP contribution in [-0.4, -0.2) is 52.9 Å². The molecule has 1 aliphatic carbocycles. The first kappa shape index (κ1) is 12.8. The second-order valence-corrected chi connectivity index (χ2v) is 5.81. The van der Waals surface area contributed by atoms with E-state index in [9.17, 15) is 4.79 Å². The van der Waals surface area contributed by atoms with E-state index in [0.29, 0.717) is 11.0 Å². The fourth-order valence-electron chi connectivity index (χ4n) is 2.43. The molecule has 2 N–H and O–H groups in total. The highest BCUT2D eigenvalue weighted by Gasteiger charge is 2.54. The van der Waals surface area contributed by atoms with E-state index in [1.807, 2.05) is 4.90 Å². The molecule has 0 aromatic carbocycles. The van der Waals surface area contributed by atoms with Gasteiger partial charge in [-0.05, 0) is 26.7 Å². The number of amides is 1. The molecule has 5 heteroatoms. The first-order valence-corrected chi connectivity index (χ1v) is 6.71. The molecule has 1 saturated heterocycles. The van der Waals surface area contributed by atoms with Crippen LogP contribution in [0.3, 0.4) is 0 Å². The molecule has 2 aliphatic rings. The van der Waals surface area contributed by atoms with E-state index in [1.54, 1.807) is 0 Å². The Morgan fingerprint density at radius 2 is 1.76 bits per heavy atom. The van der Waals surface area contributed by atoms with Gasteiger partial charge in [0.05, 0.1) is 10.4 Å². The molecule has 0 radical (unpaired) electrons. The van der Waals surface area contributed by atoms with E-state index in [1.165, 1.54) is 0 Å². The average Bonchev–Trinajstić information content (AvgIpc) is 3.09. The summed E-state index contributed by atoms with van der Waals surface area (Å²) in [5.41, 5.74) is 5.21. The van der Waals surface area contributed by atoms with E-state index in [-0.39, 0.29) is 5.91 Å². The fraction of sp³-hybridized carbons (Fsp3) is 0.833. The summed E-state index contributed by atoms with van der Waals surface area (Å²) in [6.45, 7) is 7.90. The van der Waals surface area contributed by atoms with Crippen LogP contribution in [0.4, 0.5) is 0 Å². The van der Waals surface area contributed by atoms with Crippen molar-refractivity contribution in [3.63, 3.8) is 0 Å². The minimum atomic E-state index is -0.477. The molecule has 2 rings (SSSR count). The SMILES string of the molecule is CC(C)N1CCN(C(=O)C2(C(N)=S)CC2)CC1. The number of nitrogens with two attached hydrogens (primary N) is 1. The van der Waals surface area contributed by atoms with E-state index in [4.69, 9.17) is 18.0 Å². The summed E-state index contributed by atoms with van der Waals surface area (Å²) < 4.78 is 0. The van der Waals surface area contributed by atoms with Gasteiger partial charge in [-0.3, -0.25) is 9.69 Å². The summed E-state index contributed by atoms with van der Waals surface area (Å²) in [4.78, 5) is 17.1. The predicted octanol–water partition coefficient (Wildman–Crippen LogP) is 0.605. The Hall–Kier alpha value is -0.680. The maximum absolute atomic E-state index is 12.3. The van der Waals surface area contributed by atoms with Crippen molar-refractivity contribution in [3.05, 3.63) is 0 Å². The number of carbonyl (C=O) groups is 1. The van der Waals surface area contributed by atoms with Crippen molar-refractivity contribution in [2.45, 2.75) is 32.7 Å². The lowest BCUT2D eigenvalue weighted by atomic mass is 10.0. The largest absolute Gasteiger partial charge is 0.392 e. The van der Waals surface area contributed by atoms with Gasteiger partial charge < -0.3 is 10.6 Å². The monoisotopic (exact) mass is 255 g/mol. The first-order chi connectivity index (χ1) is 7.97. The summed E-state index contributed by atoms with van der Waals surface area (Å²) in [5.74, 6) is 0.161. The van der Waals surface area contributed by atoms with Crippen LogP contribution >= 0.6 is 12.2 Å². The first-order valence-electron chi connectivity index (χ1n) is 6.31. The molecule has 0 aromatic heterocycles. The minimum Gasteiger partial charge on any atom is -0.392 e. The van der Waals surface area contributed by atoms with Gasteiger partial charge in [0.15, 0.2) is 0 Å². The third kappa shape index (κ3) is 2.31. The second kappa shape index (κ2) is 4.53. The lowest BCUT2D eigenvalue weighted by Crippen LogP contribution is -2.53. The average molecular weight is 255 g/mol. The van der Waals surface area contributed by atoms with Crippen LogP contribution in [0.15, 0.2) is 0 Å². The van der Waals surface area contributed by atoms with Crippen LogP contribution in [0, 0.1) is 5.41 Å². The molecule has 1 heterocycles. The fourth-order valence-corrected chi connectivity index (χ4v) is 2.73. The van der Waals surface area contributed by atoms with Crippen molar-refractivity contribution in [3.8, 4) is 0 Å². The molecule has 96 valence electrons. The van der Waals surface area contributed by atoms with Crippen LogP contribution in [0.5, 0.6) is 0 Å². The lowest BCUT2D eigenvalue weighted by Gasteiger charge is -2.38. The normalized spacial score (nSPS) is 23.8. The van der Waals surface area contributed by atoms with E-state index >= 15 is 0 Å². The Morgan fingerprint density at radius 1 is 1.24 bits per heavy atom. The number of nitrogens with zero attached hydrogens (tertiary/aromatic N) is 2. The van der Waals surface area contributed by atoms with Crippen LogP contribution < -0.4 is 5.73 Å². The van der Waals surface area contributed by atoms with Crippen molar-refractivity contribution in [2.75, 3.05) is 26.2 Å². The summed E-state index contributed by atoms with van der Waals surface area (Å²) in [5, 5.41) is 0. The minimum absolute atomic E-state index is 0.161. The van der Waals surface area contributed by atoms with Gasteiger partial charge in [0, 0.05) is 32.2 Å². The Morgan fingerprint density at radius 3 is 2.12 bits per heavy atom. The third-order valence-electron chi connectivity index (χ3n) is 3.96. The molecule has 4 nitrogen and oxygen atoms in total. The highest BCUT2D eigenvalue weighted by molar-refractivity contribution is 7.80. The topological polar surface area (TPSA) is 49.6 Å². The Bertz CT molecular complexity index is 331. The summed E-state index contributed by atoms with van der Waals surface area (Å²) in [6, 6.07) is 0.553. The highest BCUT2D eigenvalue weighted by Crippen LogP contribution is 2.47. The van der Waals surface area contributed by atoms with Gasteiger partial charge >= 0.3 is 0 Å². The van der Waals surface area contributed by atoms with Gasteiger partial charge in [0.1, 0.15) is 0 Å². The lowest BCUT2D eigenvalue weighted by molar-refractivity contribution is -0.136. The Kier molecular flexibility index (Phi) is 3.41. The number of piperazine rings is 1. The zero-order valence-corrected chi connectivity index (χ0v) is 11.4. The quantitative estimate of drug-likeness (QED) is 0.751. The van der Waals surface area contributed by atoms with E-state index in [2.05, 4.69) is 18.7 Å². The smallest absolute Gasteiger partial charge is 0.235 e. The standard InChI is InChI=1S/C12H21N3OS/c1-9(2)14-5-7-15(8-6-14)11(16)12(3-4-12)10(13)17/h9H,3-8H2,1-2H3,(H2,13,17). The molecule has 0 spiro atoms. The molecule has 0 aromatic rings. The van der Waals surface area contributed by atoms with Crippen molar-refractivity contribution in [1.82, 2.24) is 9.80 Å². The molecule has 17 heavy (non-hydrogen) atoms. The van der Waals surface area contributed by atoms with Gasteiger partial charge in [-0.15, -0.1) is 0 Å². The van der Waals surface area contributed by atoms with Crippen molar-refractivity contribution >= 4 is 23.1 Å². The van der Waals surface area contributed by atoms with Crippen LogP contribution in [0.2, 0.25) is 0 Å². The van der Waals surface area contributed by atoms with E-state index < -0.39 is 5.41 Å². The number of carbonyl (C=O) groups excluding carboxylic acids is 1. The van der Waals surface area contributed by atoms with Crippen LogP contribution in [0.1, 0.15) is 26.7 Å². The number of rotatable bonds is 3. The Balaban J connectivity index is 1.93. The summed E-state index contributed by atoms with van der Waals surface area (Å²) in [6.07, 6.45) is 1.68. The molecule has 2 fully saturated rings. The van der Waals surface area contributed by atoms with Crippen LogP contribution in [-0.2, 0) is 4.79 Å². The highest BCUT2D eigenvalue weighted by atomic mass is 32.1. The van der Waals surface area contributed by atoms with Crippen molar-refractivity contribution in [1.29, 1.82) is 0 Å². The van der Waals surface area contributed by atoms with Crippen molar-refractivity contribution < 1.29 is 4.79 Å². The second-order valence-electron chi connectivity index (χ2n) is 5.37. The zero-order valence-electron chi connectivity index (χ0n) is 10.6. The van der Waals surface area contributed by atoms with E-state index in [0.717, 1.165) is 39.0 Å². The summed E-state index contributed by atoms with van der Waals surface area (Å²) in [7, 11) is 0. The maximum Gasteiger partial charge on any atom is 0.235 e. The maximum atomic E-state index is 12.3. The Labute approximate surface area is 108 Å². The molecule has 1 amide bonds. The summed E-state index contributed by atoms with van der Waals surface area (Å²) >= 11 is 5.02.